The molecular weight excluding hydrogens is 390 g/mol. The van der Waals surface area contributed by atoms with Crippen LogP contribution < -0.4 is 5.32 Å². The Hall–Kier alpha value is -2.86. The summed E-state index contributed by atoms with van der Waals surface area (Å²) < 4.78 is 5.24. The number of aryl methyl sites for hydroxylation is 1. The summed E-state index contributed by atoms with van der Waals surface area (Å²) in [5.41, 5.74) is 0.900. The number of hydrogen-bond acceptors (Lipinski definition) is 7. The molecule has 29 heavy (non-hydrogen) atoms. The van der Waals surface area contributed by atoms with E-state index < -0.39 is 6.04 Å². The number of carbonyl (C=O) groups excluding carboxylic acids is 2. The van der Waals surface area contributed by atoms with Gasteiger partial charge in [-0.2, -0.15) is 10.2 Å². The molecule has 1 aliphatic rings. The van der Waals surface area contributed by atoms with Crippen molar-refractivity contribution in [3.8, 4) is 6.07 Å². The maximum atomic E-state index is 12.7. The number of benzene rings is 1. The van der Waals surface area contributed by atoms with Gasteiger partial charge in [0.2, 0.25) is 17.7 Å². The largest absolute Gasteiger partial charge is 0.339 e. The molecule has 0 radical (unpaired) electrons. The van der Waals surface area contributed by atoms with Crippen LogP contribution in [-0.4, -0.2) is 44.5 Å². The molecule has 1 saturated heterocycles. The van der Waals surface area contributed by atoms with Gasteiger partial charge in [-0.25, -0.2) is 0 Å². The summed E-state index contributed by atoms with van der Waals surface area (Å²) in [6, 6.07) is 8.13. The van der Waals surface area contributed by atoms with Crippen molar-refractivity contribution < 1.29 is 14.1 Å². The Morgan fingerprint density at radius 1 is 1.34 bits per heavy atom. The van der Waals surface area contributed by atoms with E-state index in [0.29, 0.717) is 41.0 Å². The minimum absolute atomic E-state index is 0.120. The molecule has 0 aliphatic carbocycles. The number of aromatic nitrogens is 2. The van der Waals surface area contributed by atoms with E-state index in [1.807, 2.05) is 26.8 Å². The Bertz CT molecular complexity index is 927. The first-order valence-corrected chi connectivity index (χ1v) is 10.4. The third-order valence-electron chi connectivity index (χ3n) is 4.48. The molecule has 2 aromatic rings. The van der Waals surface area contributed by atoms with Gasteiger partial charge >= 0.3 is 0 Å². The minimum Gasteiger partial charge on any atom is -0.339 e. The molecule has 2 amide bonds. The molecule has 3 rings (SSSR count). The van der Waals surface area contributed by atoms with Gasteiger partial charge in [-0.15, -0.1) is 11.8 Å². The number of nitriles is 1. The topological polar surface area (TPSA) is 112 Å². The maximum Gasteiger partial charge on any atom is 0.248 e. The molecule has 1 unspecified atom stereocenters. The second kappa shape index (κ2) is 8.66. The van der Waals surface area contributed by atoms with Gasteiger partial charge in [0.1, 0.15) is 6.04 Å². The Balaban J connectivity index is 1.57. The number of rotatable bonds is 5. The van der Waals surface area contributed by atoms with Crippen molar-refractivity contribution in [3.63, 3.8) is 0 Å². The zero-order valence-electron chi connectivity index (χ0n) is 16.6. The monoisotopic (exact) mass is 413 g/mol. The van der Waals surface area contributed by atoms with E-state index in [4.69, 9.17) is 9.78 Å². The third kappa shape index (κ3) is 5.15. The van der Waals surface area contributed by atoms with Crippen molar-refractivity contribution in [2.45, 2.75) is 45.1 Å². The molecule has 0 saturated carbocycles. The average molecular weight is 414 g/mol. The van der Waals surface area contributed by atoms with E-state index >= 15 is 0 Å². The van der Waals surface area contributed by atoms with Crippen molar-refractivity contribution in [2.24, 2.45) is 0 Å². The van der Waals surface area contributed by atoms with Crippen LogP contribution in [0.5, 0.6) is 0 Å². The molecule has 1 aromatic carbocycles. The Morgan fingerprint density at radius 2 is 2.07 bits per heavy atom. The van der Waals surface area contributed by atoms with E-state index in [-0.39, 0.29) is 23.7 Å². The van der Waals surface area contributed by atoms with Crippen molar-refractivity contribution in [1.82, 2.24) is 15.0 Å². The van der Waals surface area contributed by atoms with Gasteiger partial charge in [0, 0.05) is 29.7 Å². The van der Waals surface area contributed by atoms with Crippen LogP contribution in [0.4, 0.5) is 5.69 Å². The molecule has 1 fully saturated rings. The minimum atomic E-state index is -0.532. The second-order valence-corrected chi connectivity index (χ2v) is 8.82. The van der Waals surface area contributed by atoms with Crippen molar-refractivity contribution in [1.29, 1.82) is 5.26 Å². The summed E-state index contributed by atoms with van der Waals surface area (Å²) in [7, 11) is 0. The second-order valence-electron chi connectivity index (χ2n) is 7.82. The van der Waals surface area contributed by atoms with E-state index in [0.717, 1.165) is 0 Å². The summed E-state index contributed by atoms with van der Waals surface area (Å²) in [5.74, 6) is 1.70. The van der Waals surface area contributed by atoms with Crippen LogP contribution in [0.25, 0.3) is 0 Å². The molecule has 1 N–H and O–H groups in total. The van der Waals surface area contributed by atoms with E-state index in [9.17, 15) is 9.59 Å². The summed E-state index contributed by atoms with van der Waals surface area (Å²) in [4.78, 5) is 31.3. The van der Waals surface area contributed by atoms with E-state index in [2.05, 4.69) is 15.5 Å². The number of carbonyl (C=O) groups is 2. The molecular formula is C20H23N5O3S. The Kier molecular flexibility index (Phi) is 6.23. The van der Waals surface area contributed by atoms with Crippen LogP contribution in [0.15, 0.2) is 28.8 Å². The number of hydrogen-bond donors (Lipinski definition) is 1. The summed E-state index contributed by atoms with van der Waals surface area (Å²) in [5, 5.41) is 15.6. The smallest absolute Gasteiger partial charge is 0.248 e. The van der Waals surface area contributed by atoms with E-state index in [1.54, 1.807) is 40.9 Å². The molecule has 0 bridgehead atoms. The number of nitrogens with zero attached hydrogens (tertiary/aromatic N) is 4. The van der Waals surface area contributed by atoms with Crippen LogP contribution in [-0.2, 0) is 21.4 Å². The molecule has 2 heterocycles. The lowest BCUT2D eigenvalue weighted by atomic mass is 9.96. The fourth-order valence-corrected chi connectivity index (χ4v) is 3.96. The zero-order valence-corrected chi connectivity index (χ0v) is 17.5. The van der Waals surface area contributed by atoms with Crippen LogP contribution in [0.3, 0.4) is 0 Å². The number of amides is 2. The van der Waals surface area contributed by atoms with Gasteiger partial charge in [-0.05, 0) is 24.3 Å². The Morgan fingerprint density at radius 3 is 2.69 bits per heavy atom. The summed E-state index contributed by atoms with van der Waals surface area (Å²) >= 11 is 1.54. The van der Waals surface area contributed by atoms with E-state index in [1.165, 1.54) is 0 Å². The molecule has 8 nitrogen and oxygen atoms in total. The summed E-state index contributed by atoms with van der Waals surface area (Å²) in [6.07, 6.45) is 0.542. The number of thioether (sulfide) groups is 1. The first-order valence-electron chi connectivity index (χ1n) is 9.29. The average Bonchev–Trinajstić information content (AvgIpc) is 3.36. The Labute approximate surface area is 173 Å². The fraction of sp³-hybridized carbons (Fsp3) is 0.450. The SMILES string of the molecule is CC(C)(C)c1noc(CCC(=O)N2CSCC2C(=O)Nc2ccc(C#N)cc2)n1. The highest BCUT2D eigenvalue weighted by Crippen LogP contribution is 2.24. The van der Waals surface area contributed by atoms with Crippen molar-refractivity contribution in [2.75, 3.05) is 16.9 Å². The van der Waals surface area contributed by atoms with Gasteiger partial charge in [0.25, 0.3) is 0 Å². The molecule has 1 aromatic heterocycles. The number of anilines is 1. The third-order valence-corrected chi connectivity index (χ3v) is 5.49. The first kappa shape index (κ1) is 20.9. The van der Waals surface area contributed by atoms with Crippen molar-refractivity contribution in [3.05, 3.63) is 41.5 Å². The lowest BCUT2D eigenvalue weighted by molar-refractivity contribution is -0.136. The first-order chi connectivity index (χ1) is 13.8. The molecule has 0 spiro atoms. The molecule has 1 aliphatic heterocycles. The fourth-order valence-electron chi connectivity index (χ4n) is 2.78. The lowest BCUT2D eigenvalue weighted by Crippen LogP contribution is -2.44. The van der Waals surface area contributed by atoms with Crippen LogP contribution in [0, 0.1) is 11.3 Å². The highest BCUT2D eigenvalue weighted by atomic mass is 32.2. The van der Waals surface area contributed by atoms with Crippen molar-refractivity contribution >= 4 is 29.3 Å². The predicted molar refractivity (Wildman–Crippen MR) is 109 cm³/mol. The van der Waals surface area contributed by atoms with Gasteiger partial charge in [0.15, 0.2) is 5.82 Å². The molecule has 1 atom stereocenters. The van der Waals surface area contributed by atoms with Gasteiger partial charge < -0.3 is 14.7 Å². The van der Waals surface area contributed by atoms with Crippen LogP contribution in [0.2, 0.25) is 0 Å². The highest BCUT2D eigenvalue weighted by molar-refractivity contribution is 7.99. The molecule has 9 heteroatoms. The predicted octanol–water partition coefficient (Wildman–Crippen LogP) is 2.71. The van der Waals surface area contributed by atoms with Gasteiger partial charge in [-0.3, -0.25) is 9.59 Å². The zero-order chi connectivity index (χ0) is 21.0. The van der Waals surface area contributed by atoms with Crippen LogP contribution >= 0.6 is 11.8 Å². The lowest BCUT2D eigenvalue weighted by Gasteiger charge is -2.23. The highest BCUT2D eigenvalue weighted by Gasteiger charge is 2.34. The summed E-state index contributed by atoms with van der Waals surface area (Å²) in [6.45, 7) is 5.97. The standard InChI is InChI=1S/C20H23N5O3S/c1-20(2,3)19-23-16(28-24-19)8-9-17(26)25-12-29-11-15(25)18(27)22-14-6-4-13(10-21)5-7-14/h4-7,15H,8-9,11-12H2,1-3H3,(H,22,27). The molecule has 152 valence electrons. The van der Waals surface area contributed by atoms with Gasteiger partial charge in [-0.1, -0.05) is 25.9 Å². The van der Waals surface area contributed by atoms with Crippen LogP contribution in [0.1, 0.15) is 44.5 Å². The number of nitrogens with one attached hydrogen (secondary N) is 1. The maximum absolute atomic E-state index is 12.7. The normalized spacial score (nSPS) is 16.5. The quantitative estimate of drug-likeness (QED) is 0.802. The van der Waals surface area contributed by atoms with Gasteiger partial charge in [0.05, 0.1) is 17.5 Å².